The Balaban J connectivity index is 2.12. The SMILES string of the molecule is COCCONC(=O)CCOc1cccc(Br)c1. The van der Waals surface area contributed by atoms with Crippen LogP contribution in [-0.4, -0.2) is 32.8 Å². The van der Waals surface area contributed by atoms with Crippen LogP contribution in [0.4, 0.5) is 0 Å². The lowest BCUT2D eigenvalue weighted by Crippen LogP contribution is -2.26. The van der Waals surface area contributed by atoms with Crippen molar-refractivity contribution in [2.45, 2.75) is 6.42 Å². The fraction of sp³-hybridized carbons (Fsp3) is 0.417. The van der Waals surface area contributed by atoms with E-state index in [1.54, 1.807) is 7.11 Å². The summed E-state index contributed by atoms with van der Waals surface area (Å²) in [7, 11) is 1.57. The number of amides is 1. The van der Waals surface area contributed by atoms with Gasteiger partial charge in [0, 0.05) is 11.6 Å². The lowest BCUT2D eigenvalue weighted by atomic mass is 10.3. The van der Waals surface area contributed by atoms with Gasteiger partial charge in [-0.15, -0.1) is 0 Å². The predicted octanol–water partition coefficient (Wildman–Crippen LogP) is 1.91. The van der Waals surface area contributed by atoms with E-state index in [4.69, 9.17) is 14.3 Å². The zero-order valence-electron chi connectivity index (χ0n) is 10.1. The van der Waals surface area contributed by atoms with Gasteiger partial charge in [0.2, 0.25) is 5.91 Å². The predicted molar refractivity (Wildman–Crippen MR) is 70.2 cm³/mol. The number of carbonyl (C=O) groups is 1. The molecule has 0 aromatic heterocycles. The molecule has 0 spiro atoms. The number of nitrogens with one attached hydrogen (secondary N) is 1. The van der Waals surface area contributed by atoms with Gasteiger partial charge in [0.05, 0.1) is 26.2 Å². The van der Waals surface area contributed by atoms with E-state index in [2.05, 4.69) is 21.4 Å². The van der Waals surface area contributed by atoms with Crippen molar-refractivity contribution in [3.63, 3.8) is 0 Å². The number of methoxy groups -OCH3 is 1. The van der Waals surface area contributed by atoms with E-state index in [1.165, 1.54) is 0 Å². The van der Waals surface area contributed by atoms with Gasteiger partial charge in [-0.25, -0.2) is 5.48 Å². The van der Waals surface area contributed by atoms with Crippen LogP contribution in [0, 0.1) is 0 Å². The molecule has 0 aliphatic carbocycles. The molecule has 0 heterocycles. The zero-order valence-corrected chi connectivity index (χ0v) is 11.7. The molecular weight excluding hydrogens is 302 g/mol. The van der Waals surface area contributed by atoms with E-state index < -0.39 is 0 Å². The van der Waals surface area contributed by atoms with Gasteiger partial charge in [0.1, 0.15) is 5.75 Å². The van der Waals surface area contributed by atoms with Gasteiger partial charge in [0.15, 0.2) is 0 Å². The second-order valence-electron chi connectivity index (χ2n) is 3.42. The Morgan fingerprint density at radius 1 is 1.33 bits per heavy atom. The molecule has 0 radical (unpaired) electrons. The van der Waals surface area contributed by atoms with Crippen molar-refractivity contribution in [1.29, 1.82) is 0 Å². The molecule has 1 aromatic carbocycles. The first-order valence-electron chi connectivity index (χ1n) is 5.50. The summed E-state index contributed by atoms with van der Waals surface area (Å²) in [4.78, 5) is 16.2. The summed E-state index contributed by atoms with van der Waals surface area (Å²) in [5, 5.41) is 0. The molecule has 0 atom stereocenters. The van der Waals surface area contributed by atoms with Gasteiger partial charge < -0.3 is 9.47 Å². The molecule has 1 rings (SSSR count). The maximum atomic E-state index is 11.3. The molecule has 0 saturated carbocycles. The molecule has 1 amide bonds. The van der Waals surface area contributed by atoms with E-state index in [1.807, 2.05) is 24.3 Å². The number of hydrogen-bond donors (Lipinski definition) is 1. The van der Waals surface area contributed by atoms with E-state index in [9.17, 15) is 4.79 Å². The number of hydroxylamine groups is 1. The van der Waals surface area contributed by atoms with Crippen LogP contribution < -0.4 is 10.2 Å². The quantitative estimate of drug-likeness (QED) is 0.588. The van der Waals surface area contributed by atoms with Gasteiger partial charge in [-0.05, 0) is 18.2 Å². The summed E-state index contributed by atoms with van der Waals surface area (Å²) in [6.07, 6.45) is 0.236. The van der Waals surface area contributed by atoms with Crippen LogP contribution in [0.2, 0.25) is 0 Å². The van der Waals surface area contributed by atoms with E-state index in [0.717, 1.165) is 10.2 Å². The number of benzene rings is 1. The van der Waals surface area contributed by atoms with Crippen molar-refractivity contribution in [2.75, 3.05) is 26.9 Å². The Morgan fingerprint density at radius 2 is 2.17 bits per heavy atom. The molecule has 0 saturated heterocycles. The summed E-state index contributed by atoms with van der Waals surface area (Å²) in [6.45, 7) is 1.07. The first-order valence-corrected chi connectivity index (χ1v) is 6.29. The Hall–Kier alpha value is -1.11. The van der Waals surface area contributed by atoms with Crippen molar-refractivity contribution >= 4 is 21.8 Å². The lowest BCUT2D eigenvalue weighted by Gasteiger charge is -2.07. The van der Waals surface area contributed by atoms with E-state index >= 15 is 0 Å². The summed E-state index contributed by atoms with van der Waals surface area (Å²) < 4.78 is 11.1. The van der Waals surface area contributed by atoms with E-state index in [0.29, 0.717) is 19.8 Å². The number of carbonyl (C=O) groups excluding carboxylic acids is 1. The fourth-order valence-corrected chi connectivity index (χ4v) is 1.50. The zero-order chi connectivity index (χ0) is 13.2. The van der Waals surface area contributed by atoms with Crippen molar-refractivity contribution in [2.24, 2.45) is 0 Å². The van der Waals surface area contributed by atoms with Crippen LogP contribution in [0.1, 0.15) is 6.42 Å². The molecule has 1 N–H and O–H groups in total. The molecule has 0 aliphatic heterocycles. The highest BCUT2D eigenvalue weighted by Crippen LogP contribution is 2.17. The first-order chi connectivity index (χ1) is 8.72. The molecule has 100 valence electrons. The minimum Gasteiger partial charge on any atom is -0.493 e. The van der Waals surface area contributed by atoms with Gasteiger partial charge >= 0.3 is 0 Å². The molecule has 1 aromatic rings. The molecule has 0 fully saturated rings. The third kappa shape index (κ3) is 6.58. The highest BCUT2D eigenvalue weighted by molar-refractivity contribution is 9.10. The van der Waals surface area contributed by atoms with Crippen molar-refractivity contribution in [1.82, 2.24) is 5.48 Å². The van der Waals surface area contributed by atoms with Gasteiger partial charge in [-0.3, -0.25) is 9.63 Å². The summed E-state index contributed by atoms with van der Waals surface area (Å²) >= 11 is 3.34. The largest absolute Gasteiger partial charge is 0.493 e. The van der Waals surface area contributed by atoms with E-state index in [-0.39, 0.29) is 12.3 Å². The van der Waals surface area contributed by atoms with Crippen molar-refractivity contribution in [3.05, 3.63) is 28.7 Å². The van der Waals surface area contributed by atoms with Crippen LogP contribution >= 0.6 is 15.9 Å². The molecule has 0 unspecified atom stereocenters. The minimum atomic E-state index is -0.221. The van der Waals surface area contributed by atoms with Gasteiger partial charge in [-0.1, -0.05) is 22.0 Å². The number of ether oxygens (including phenoxy) is 2. The molecule has 0 bridgehead atoms. The molecule has 6 heteroatoms. The lowest BCUT2D eigenvalue weighted by molar-refractivity contribution is -0.135. The summed E-state index contributed by atoms with van der Waals surface area (Å²) in [6, 6.07) is 7.45. The monoisotopic (exact) mass is 317 g/mol. The first kappa shape index (κ1) is 14.9. The maximum absolute atomic E-state index is 11.3. The van der Waals surface area contributed by atoms with Crippen LogP contribution in [0.15, 0.2) is 28.7 Å². The molecule has 5 nitrogen and oxygen atoms in total. The Bertz CT molecular complexity index is 373. The van der Waals surface area contributed by atoms with Crippen LogP contribution in [0.5, 0.6) is 5.75 Å². The fourth-order valence-electron chi connectivity index (χ4n) is 1.13. The second kappa shape index (κ2) is 8.91. The van der Waals surface area contributed by atoms with Crippen LogP contribution in [0.3, 0.4) is 0 Å². The smallest absolute Gasteiger partial charge is 0.246 e. The average Bonchev–Trinajstić information content (AvgIpc) is 2.35. The minimum absolute atomic E-state index is 0.221. The summed E-state index contributed by atoms with van der Waals surface area (Å²) in [5.41, 5.74) is 2.31. The standard InChI is InChI=1S/C12H16BrNO4/c1-16-7-8-18-14-12(15)5-6-17-11-4-2-3-10(13)9-11/h2-4,9H,5-8H2,1H3,(H,14,15). The third-order valence-electron chi connectivity index (χ3n) is 1.97. The second-order valence-corrected chi connectivity index (χ2v) is 4.34. The number of rotatable bonds is 8. The number of hydrogen-bond acceptors (Lipinski definition) is 4. The third-order valence-corrected chi connectivity index (χ3v) is 2.46. The highest BCUT2D eigenvalue weighted by Gasteiger charge is 2.02. The normalized spacial score (nSPS) is 10.1. The highest BCUT2D eigenvalue weighted by atomic mass is 79.9. The van der Waals surface area contributed by atoms with Gasteiger partial charge in [0.25, 0.3) is 0 Å². The Kier molecular flexibility index (Phi) is 7.40. The molecule has 0 aliphatic rings. The van der Waals surface area contributed by atoms with Crippen LogP contribution in [0.25, 0.3) is 0 Å². The summed E-state index contributed by atoms with van der Waals surface area (Å²) in [5.74, 6) is 0.499. The Morgan fingerprint density at radius 3 is 2.89 bits per heavy atom. The average molecular weight is 318 g/mol. The van der Waals surface area contributed by atoms with Gasteiger partial charge in [-0.2, -0.15) is 0 Å². The van der Waals surface area contributed by atoms with Crippen molar-refractivity contribution < 1.29 is 19.1 Å². The topological polar surface area (TPSA) is 56.8 Å². The van der Waals surface area contributed by atoms with Crippen LogP contribution in [-0.2, 0) is 14.4 Å². The Labute approximate surface area is 114 Å². The molecular formula is C12H16BrNO4. The molecule has 18 heavy (non-hydrogen) atoms. The van der Waals surface area contributed by atoms with Crippen molar-refractivity contribution in [3.8, 4) is 5.75 Å². The maximum Gasteiger partial charge on any atom is 0.246 e. The number of halogens is 1.